The van der Waals surface area contributed by atoms with Gasteiger partial charge in [0.15, 0.2) is 6.10 Å². The molecule has 1 unspecified atom stereocenters. The summed E-state index contributed by atoms with van der Waals surface area (Å²) in [6, 6.07) is 5.71. The molecule has 0 saturated carbocycles. The maximum absolute atomic E-state index is 12.7. The Morgan fingerprint density at radius 3 is 2.65 bits per heavy atom. The number of halogens is 1. The number of hydrogen-bond donors (Lipinski definition) is 2. The Hall–Kier alpha value is -2.21. The third-order valence-corrected chi connectivity index (χ3v) is 2.41. The molecule has 0 spiro atoms. The number of carboxylic acid groups (broad SMARTS) is 1. The van der Waals surface area contributed by atoms with E-state index in [-0.39, 0.29) is 24.9 Å². The highest BCUT2D eigenvalue weighted by Gasteiger charge is 2.09. The minimum absolute atomic E-state index is 0.115. The smallest absolute Gasteiger partial charge is 0.332 e. The van der Waals surface area contributed by atoms with E-state index in [1.54, 1.807) is 18.2 Å². The molecule has 0 bridgehead atoms. The molecule has 0 aliphatic heterocycles. The molecular formula is C14H16FNO4. The third kappa shape index (κ3) is 6.10. The van der Waals surface area contributed by atoms with Gasteiger partial charge in [-0.25, -0.2) is 9.18 Å². The van der Waals surface area contributed by atoms with Crippen LogP contribution in [0.5, 0.6) is 0 Å². The molecule has 108 valence electrons. The van der Waals surface area contributed by atoms with Gasteiger partial charge in [0.25, 0.3) is 0 Å². The molecule has 0 aliphatic rings. The second-order valence-electron chi connectivity index (χ2n) is 4.03. The molecule has 1 amide bonds. The van der Waals surface area contributed by atoms with Crippen LogP contribution >= 0.6 is 0 Å². The normalized spacial score (nSPS) is 12.3. The van der Waals surface area contributed by atoms with E-state index in [1.807, 2.05) is 0 Å². The van der Waals surface area contributed by atoms with Crippen LogP contribution in [0.1, 0.15) is 12.5 Å². The largest absolute Gasteiger partial charge is 0.479 e. The van der Waals surface area contributed by atoms with Crippen LogP contribution in [-0.4, -0.2) is 36.2 Å². The summed E-state index contributed by atoms with van der Waals surface area (Å²) in [4.78, 5) is 21.9. The summed E-state index contributed by atoms with van der Waals surface area (Å²) in [5, 5.41) is 11.1. The van der Waals surface area contributed by atoms with Gasteiger partial charge in [0, 0.05) is 12.6 Å². The molecule has 2 N–H and O–H groups in total. The van der Waals surface area contributed by atoms with E-state index in [1.165, 1.54) is 25.1 Å². The quantitative estimate of drug-likeness (QED) is 0.586. The van der Waals surface area contributed by atoms with Crippen molar-refractivity contribution >= 4 is 18.0 Å². The number of ether oxygens (including phenoxy) is 1. The molecule has 0 saturated heterocycles. The fourth-order valence-corrected chi connectivity index (χ4v) is 1.29. The summed E-state index contributed by atoms with van der Waals surface area (Å²) in [5.41, 5.74) is 0.706. The van der Waals surface area contributed by atoms with E-state index in [4.69, 9.17) is 9.84 Å². The Kier molecular flexibility index (Phi) is 6.39. The van der Waals surface area contributed by atoms with Gasteiger partial charge >= 0.3 is 5.97 Å². The molecule has 0 fully saturated rings. The van der Waals surface area contributed by atoms with E-state index >= 15 is 0 Å². The molecule has 0 radical (unpaired) electrons. The van der Waals surface area contributed by atoms with Gasteiger partial charge in [-0.3, -0.25) is 4.79 Å². The summed E-state index contributed by atoms with van der Waals surface area (Å²) < 4.78 is 17.6. The van der Waals surface area contributed by atoms with E-state index in [0.717, 1.165) is 0 Å². The first kappa shape index (κ1) is 15.8. The van der Waals surface area contributed by atoms with Gasteiger partial charge in [-0.15, -0.1) is 0 Å². The number of hydrogen-bond acceptors (Lipinski definition) is 3. The monoisotopic (exact) mass is 281 g/mol. The van der Waals surface area contributed by atoms with Crippen LogP contribution in [0.4, 0.5) is 4.39 Å². The molecule has 0 heterocycles. The van der Waals surface area contributed by atoms with E-state index < -0.39 is 12.1 Å². The standard InChI is InChI=1S/C14H16FNO4/c1-10(14(18)19)20-9-8-16-13(17)7-4-11-2-5-12(15)6-3-11/h2-7,10H,8-9H2,1H3,(H,16,17)(H,18,19)/b7-4+. The van der Waals surface area contributed by atoms with Crippen molar-refractivity contribution in [3.05, 3.63) is 41.7 Å². The van der Waals surface area contributed by atoms with Crippen LogP contribution in [0.25, 0.3) is 6.08 Å². The number of nitrogens with one attached hydrogen (secondary N) is 1. The second kappa shape index (κ2) is 8.06. The van der Waals surface area contributed by atoms with Gasteiger partial charge in [-0.2, -0.15) is 0 Å². The van der Waals surface area contributed by atoms with Crippen LogP contribution in [0, 0.1) is 5.82 Å². The van der Waals surface area contributed by atoms with Gasteiger partial charge in [-0.05, 0) is 30.7 Å². The summed E-state index contributed by atoms with van der Waals surface area (Å²) in [7, 11) is 0. The van der Waals surface area contributed by atoms with Crippen LogP contribution in [0.2, 0.25) is 0 Å². The number of amides is 1. The fraction of sp³-hybridized carbons (Fsp3) is 0.286. The Bertz CT molecular complexity index is 484. The highest BCUT2D eigenvalue weighted by atomic mass is 19.1. The van der Waals surface area contributed by atoms with Crippen molar-refractivity contribution in [1.29, 1.82) is 0 Å². The topological polar surface area (TPSA) is 75.6 Å². The number of carbonyl (C=O) groups excluding carboxylic acids is 1. The molecule has 1 aromatic rings. The van der Waals surface area contributed by atoms with E-state index in [0.29, 0.717) is 5.56 Å². The predicted octanol–water partition coefficient (Wildman–Crippen LogP) is 1.44. The lowest BCUT2D eigenvalue weighted by Crippen LogP contribution is -2.29. The van der Waals surface area contributed by atoms with Gasteiger partial charge in [0.1, 0.15) is 5.82 Å². The van der Waals surface area contributed by atoms with Gasteiger partial charge in [-0.1, -0.05) is 12.1 Å². The highest BCUT2D eigenvalue weighted by molar-refractivity contribution is 5.91. The first-order valence-corrected chi connectivity index (χ1v) is 6.05. The van der Waals surface area contributed by atoms with Crippen molar-refractivity contribution in [3.8, 4) is 0 Å². The lowest BCUT2D eigenvalue weighted by atomic mass is 10.2. The number of carboxylic acids is 1. The molecule has 1 aromatic carbocycles. The summed E-state index contributed by atoms with van der Waals surface area (Å²) >= 11 is 0. The molecule has 1 atom stereocenters. The molecule has 5 nitrogen and oxygen atoms in total. The highest BCUT2D eigenvalue weighted by Crippen LogP contribution is 2.04. The Morgan fingerprint density at radius 1 is 1.40 bits per heavy atom. The van der Waals surface area contributed by atoms with E-state index in [9.17, 15) is 14.0 Å². The van der Waals surface area contributed by atoms with Gasteiger partial charge in [0.05, 0.1) is 6.61 Å². The van der Waals surface area contributed by atoms with Crippen molar-refractivity contribution in [2.24, 2.45) is 0 Å². The van der Waals surface area contributed by atoms with Crippen LogP contribution in [-0.2, 0) is 14.3 Å². The Morgan fingerprint density at radius 2 is 2.05 bits per heavy atom. The fourth-order valence-electron chi connectivity index (χ4n) is 1.29. The maximum atomic E-state index is 12.7. The molecule has 1 rings (SSSR count). The summed E-state index contributed by atoms with van der Waals surface area (Å²) in [6.45, 7) is 1.74. The first-order chi connectivity index (χ1) is 9.49. The Labute approximate surface area is 116 Å². The lowest BCUT2D eigenvalue weighted by Gasteiger charge is -2.08. The molecule has 0 aromatic heterocycles. The second-order valence-corrected chi connectivity index (χ2v) is 4.03. The average Bonchev–Trinajstić information content (AvgIpc) is 2.42. The molecule has 6 heteroatoms. The van der Waals surface area contributed by atoms with Crippen molar-refractivity contribution < 1.29 is 23.8 Å². The minimum Gasteiger partial charge on any atom is -0.479 e. The van der Waals surface area contributed by atoms with Gasteiger partial charge in [0.2, 0.25) is 5.91 Å². The first-order valence-electron chi connectivity index (χ1n) is 6.05. The van der Waals surface area contributed by atoms with Crippen molar-refractivity contribution in [2.45, 2.75) is 13.0 Å². The number of aliphatic carboxylic acids is 1. The van der Waals surface area contributed by atoms with Crippen molar-refractivity contribution in [2.75, 3.05) is 13.2 Å². The lowest BCUT2D eigenvalue weighted by molar-refractivity contribution is -0.148. The zero-order chi connectivity index (χ0) is 15.0. The third-order valence-electron chi connectivity index (χ3n) is 2.41. The zero-order valence-electron chi connectivity index (χ0n) is 11.0. The van der Waals surface area contributed by atoms with Crippen LogP contribution in [0.3, 0.4) is 0 Å². The van der Waals surface area contributed by atoms with Crippen LogP contribution in [0.15, 0.2) is 30.3 Å². The van der Waals surface area contributed by atoms with Gasteiger partial charge < -0.3 is 15.2 Å². The van der Waals surface area contributed by atoms with Crippen molar-refractivity contribution in [1.82, 2.24) is 5.32 Å². The van der Waals surface area contributed by atoms with E-state index in [2.05, 4.69) is 5.32 Å². The summed E-state index contributed by atoms with van der Waals surface area (Å²) in [6.07, 6.45) is 1.96. The molecule has 0 aliphatic carbocycles. The summed E-state index contributed by atoms with van der Waals surface area (Å²) in [5.74, 6) is -1.72. The Balaban J connectivity index is 2.26. The number of benzene rings is 1. The molecule has 20 heavy (non-hydrogen) atoms. The SMILES string of the molecule is CC(OCCNC(=O)/C=C/c1ccc(F)cc1)C(=O)O. The predicted molar refractivity (Wildman–Crippen MR) is 71.5 cm³/mol. The van der Waals surface area contributed by atoms with Crippen molar-refractivity contribution in [3.63, 3.8) is 0 Å². The maximum Gasteiger partial charge on any atom is 0.332 e. The van der Waals surface area contributed by atoms with Crippen LogP contribution < -0.4 is 5.32 Å². The molecular weight excluding hydrogens is 265 g/mol. The number of rotatable bonds is 7. The number of carbonyl (C=O) groups is 2. The minimum atomic E-state index is -1.05. The zero-order valence-corrected chi connectivity index (χ0v) is 11.0. The average molecular weight is 281 g/mol.